The third-order valence-electron chi connectivity index (χ3n) is 4.92. The van der Waals surface area contributed by atoms with Crippen molar-refractivity contribution < 1.29 is 17.6 Å². The second kappa shape index (κ2) is 8.21. The summed E-state index contributed by atoms with van der Waals surface area (Å²) < 4.78 is 42.6. The maximum absolute atomic E-state index is 14.0. The van der Waals surface area contributed by atoms with Gasteiger partial charge >= 0.3 is 0 Å². The zero-order valence-corrected chi connectivity index (χ0v) is 16.1. The van der Waals surface area contributed by atoms with Gasteiger partial charge in [0, 0.05) is 39.3 Å². The Kier molecular flexibility index (Phi) is 6.17. The molecule has 0 aliphatic carbocycles. The standard InChI is InChI=1S/C17H23ClFN3O3S/c18-14-6-5-7-15(19)16(14)17(23)20-10-12-22(13-11-20)26(24,25)21-8-3-1-2-4-9-21/h5-7H,1-4,8-13H2. The van der Waals surface area contributed by atoms with Crippen LogP contribution in [0.5, 0.6) is 0 Å². The van der Waals surface area contributed by atoms with Gasteiger partial charge in [0.25, 0.3) is 16.1 Å². The molecule has 144 valence electrons. The molecule has 3 rings (SSSR count). The highest BCUT2D eigenvalue weighted by Crippen LogP contribution is 2.23. The fourth-order valence-electron chi connectivity index (χ4n) is 3.42. The number of hydrogen-bond donors (Lipinski definition) is 0. The van der Waals surface area contributed by atoms with Crippen molar-refractivity contribution in [2.75, 3.05) is 39.3 Å². The van der Waals surface area contributed by atoms with Crippen molar-refractivity contribution in [2.45, 2.75) is 25.7 Å². The summed E-state index contributed by atoms with van der Waals surface area (Å²) in [5, 5.41) is 0.0645. The second-order valence-corrected chi connectivity index (χ2v) is 8.94. The molecule has 0 atom stereocenters. The molecule has 1 aromatic rings. The SMILES string of the molecule is O=C(c1c(F)cccc1Cl)N1CCN(S(=O)(=O)N2CCCCCC2)CC1. The lowest BCUT2D eigenvalue weighted by atomic mass is 10.1. The molecular formula is C17H23ClFN3O3S. The van der Waals surface area contributed by atoms with Gasteiger partial charge in [-0.1, -0.05) is 30.5 Å². The first-order valence-corrected chi connectivity index (χ1v) is 10.7. The van der Waals surface area contributed by atoms with Gasteiger partial charge in [0.05, 0.1) is 10.6 Å². The molecule has 1 aromatic carbocycles. The van der Waals surface area contributed by atoms with Crippen molar-refractivity contribution in [3.8, 4) is 0 Å². The van der Waals surface area contributed by atoms with E-state index in [-0.39, 0.29) is 36.8 Å². The van der Waals surface area contributed by atoms with Crippen molar-refractivity contribution in [2.24, 2.45) is 0 Å². The molecule has 0 spiro atoms. The van der Waals surface area contributed by atoms with Crippen LogP contribution in [0.4, 0.5) is 4.39 Å². The van der Waals surface area contributed by atoms with Crippen LogP contribution in [0.15, 0.2) is 18.2 Å². The smallest absolute Gasteiger partial charge is 0.282 e. The molecule has 26 heavy (non-hydrogen) atoms. The first kappa shape index (κ1) is 19.5. The molecule has 2 fully saturated rings. The summed E-state index contributed by atoms with van der Waals surface area (Å²) >= 11 is 5.96. The molecule has 0 unspecified atom stereocenters. The summed E-state index contributed by atoms with van der Waals surface area (Å²) in [6.45, 7) is 1.94. The van der Waals surface area contributed by atoms with E-state index >= 15 is 0 Å². The number of rotatable bonds is 3. The number of halogens is 2. The third kappa shape index (κ3) is 4.03. The van der Waals surface area contributed by atoms with Gasteiger partial charge in [-0.15, -0.1) is 0 Å². The quantitative estimate of drug-likeness (QED) is 0.778. The summed E-state index contributed by atoms with van der Waals surface area (Å²) in [4.78, 5) is 14.0. The third-order valence-corrected chi connectivity index (χ3v) is 7.27. The zero-order valence-electron chi connectivity index (χ0n) is 14.5. The summed E-state index contributed by atoms with van der Waals surface area (Å²) in [6, 6.07) is 4.11. The Morgan fingerprint density at radius 1 is 0.923 bits per heavy atom. The number of hydrogen-bond acceptors (Lipinski definition) is 3. The average molecular weight is 404 g/mol. The number of benzene rings is 1. The number of piperazine rings is 1. The van der Waals surface area contributed by atoms with Crippen LogP contribution >= 0.6 is 11.6 Å². The van der Waals surface area contributed by atoms with Crippen LogP contribution in [0.1, 0.15) is 36.0 Å². The van der Waals surface area contributed by atoms with E-state index < -0.39 is 21.9 Å². The second-order valence-electron chi connectivity index (χ2n) is 6.61. The van der Waals surface area contributed by atoms with Crippen molar-refractivity contribution in [1.29, 1.82) is 0 Å². The fourth-order valence-corrected chi connectivity index (χ4v) is 5.33. The van der Waals surface area contributed by atoms with E-state index in [1.165, 1.54) is 27.4 Å². The Bertz CT molecular complexity index is 738. The minimum atomic E-state index is -3.51. The Balaban J connectivity index is 1.66. The Morgan fingerprint density at radius 2 is 1.50 bits per heavy atom. The molecule has 2 heterocycles. The highest BCUT2D eigenvalue weighted by atomic mass is 35.5. The van der Waals surface area contributed by atoms with E-state index in [1.807, 2.05) is 0 Å². The monoisotopic (exact) mass is 403 g/mol. The van der Waals surface area contributed by atoms with Crippen LogP contribution in [0.2, 0.25) is 5.02 Å². The summed E-state index contributed by atoms with van der Waals surface area (Å²) in [5.41, 5.74) is -0.155. The van der Waals surface area contributed by atoms with Crippen LogP contribution in [-0.2, 0) is 10.2 Å². The highest BCUT2D eigenvalue weighted by Gasteiger charge is 2.34. The lowest BCUT2D eigenvalue weighted by molar-refractivity contribution is 0.0689. The van der Waals surface area contributed by atoms with Crippen molar-refractivity contribution in [1.82, 2.24) is 13.5 Å². The topological polar surface area (TPSA) is 60.9 Å². The van der Waals surface area contributed by atoms with Crippen molar-refractivity contribution in [3.05, 3.63) is 34.6 Å². The van der Waals surface area contributed by atoms with Gasteiger partial charge in [-0.25, -0.2) is 4.39 Å². The predicted molar refractivity (Wildman–Crippen MR) is 97.8 cm³/mol. The van der Waals surface area contributed by atoms with E-state index in [4.69, 9.17) is 11.6 Å². The predicted octanol–water partition coefficient (Wildman–Crippen LogP) is 2.36. The maximum Gasteiger partial charge on any atom is 0.282 e. The molecule has 2 saturated heterocycles. The molecule has 6 nitrogen and oxygen atoms in total. The average Bonchev–Trinajstić information content (AvgIpc) is 2.91. The zero-order chi connectivity index (χ0) is 18.7. The van der Waals surface area contributed by atoms with Crippen LogP contribution in [0.3, 0.4) is 0 Å². The normalized spacial score (nSPS) is 20.8. The lowest BCUT2D eigenvalue weighted by Crippen LogP contribution is -2.54. The first-order valence-electron chi connectivity index (χ1n) is 8.90. The fraction of sp³-hybridized carbons (Fsp3) is 0.588. The Labute approximate surface area is 158 Å². The molecule has 0 N–H and O–H groups in total. The molecule has 9 heteroatoms. The molecule has 0 aromatic heterocycles. The van der Waals surface area contributed by atoms with Crippen molar-refractivity contribution in [3.63, 3.8) is 0 Å². The first-order chi connectivity index (χ1) is 12.4. The van der Waals surface area contributed by atoms with Gasteiger partial charge in [-0.3, -0.25) is 4.79 Å². The van der Waals surface area contributed by atoms with E-state index in [0.717, 1.165) is 25.7 Å². The Morgan fingerprint density at radius 3 is 2.08 bits per heavy atom. The minimum absolute atomic E-state index is 0.0645. The van der Waals surface area contributed by atoms with Gasteiger partial charge < -0.3 is 4.90 Å². The number of amides is 1. The molecule has 0 radical (unpaired) electrons. The largest absolute Gasteiger partial charge is 0.336 e. The van der Waals surface area contributed by atoms with Gasteiger partial charge in [0.1, 0.15) is 5.82 Å². The Hall–Kier alpha value is -1.22. The molecule has 1 amide bonds. The van der Waals surface area contributed by atoms with Gasteiger partial charge in [-0.2, -0.15) is 17.0 Å². The summed E-state index contributed by atoms with van der Waals surface area (Å²) in [5.74, 6) is -1.16. The van der Waals surface area contributed by atoms with Crippen molar-refractivity contribution >= 4 is 27.7 Å². The van der Waals surface area contributed by atoms with E-state index in [0.29, 0.717) is 13.1 Å². The van der Waals surface area contributed by atoms with Gasteiger partial charge in [-0.05, 0) is 25.0 Å². The maximum atomic E-state index is 14.0. The molecule has 0 bridgehead atoms. The van der Waals surface area contributed by atoms with Crippen LogP contribution in [-0.4, -0.2) is 67.1 Å². The van der Waals surface area contributed by atoms with Crippen LogP contribution in [0, 0.1) is 5.82 Å². The van der Waals surface area contributed by atoms with Crippen LogP contribution in [0.25, 0.3) is 0 Å². The molecule has 0 saturated carbocycles. The number of carbonyl (C=O) groups excluding carboxylic acids is 1. The van der Waals surface area contributed by atoms with Gasteiger partial charge in [0.15, 0.2) is 0 Å². The summed E-state index contributed by atoms with van der Waals surface area (Å²) in [7, 11) is -3.51. The van der Waals surface area contributed by atoms with E-state index in [1.54, 1.807) is 4.31 Å². The van der Waals surface area contributed by atoms with E-state index in [9.17, 15) is 17.6 Å². The summed E-state index contributed by atoms with van der Waals surface area (Å²) in [6.07, 6.45) is 3.86. The van der Waals surface area contributed by atoms with Crippen LogP contribution < -0.4 is 0 Å². The lowest BCUT2D eigenvalue weighted by Gasteiger charge is -2.36. The van der Waals surface area contributed by atoms with Gasteiger partial charge in [0.2, 0.25) is 0 Å². The molecule has 2 aliphatic heterocycles. The number of nitrogens with zero attached hydrogens (tertiary/aromatic N) is 3. The molecule has 2 aliphatic rings. The number of carbonyl (C=O) groups is 1. The van der Waals surface area contributed by atoms with E-state index in [2.05, 4.69) is 0 Å². The minimum Gasteiger partial charge on any atom is -0.336 e. The molecular weight excluding hydrogens is 381 g/mol. The highest BCUT2D eigenvalue weighted by molar-refractivity contribution is 7.86.